The maximum atomic E-state index is 6.01. The standard InChI is InChI=1S/C19H14BN4O2S/c21-16-10-23-24-17-7-11(1-2-12(16)17)13-8-15-18(25-4-5-26-20-15)9-14(13)19-22-3-6-27-19/h1-3,6-10H,4-5H2,(H2,21,24). The van der Waals surface area contributed by atoms with Gasteiger partial charge in [-0.1, -0.05) is 12.1 Å². The van der Waals surface area contributed by atoms with Crippen LogP contribution in [-0.4, -0.2) is 35.9 Å². The van der Waals surface area contributed by atoms with Crippen LogP contribution in [-0.2, 0) is 4.65 Å². The number of nitrogens with zero attached hydrogens (tertiary/aromatic N) is 3. The summed E-state index contributed by atoms with van der Waals surface area (Å²) in [4.78, 5) is 4.49. The smallest absolute Gasteiger partial charge is 0.334 e. The third kappa shape index (κ3) is 2.92. The molecule has 27 heavy (non-hydrogen) atoms. The Balaban J connectivity index is 1.74. The average molecular weight is 373 g/mol. The van der Waals surface area contributed by atoms with E-state index in [-0.39, 0.29) is 0 Å². The van der Waals surface area contributed by atoms with Gasteiger partial charge in [-0.05, 0) is 34.8 Å². The lowest BCUT2D eigenvalue weighted by Crippen LogP contribution is -2.17. The van der Waals surface area contributed by atoms with Crippen molar-refractivity contribution in [2.24, 2.45) is 0 Å². The zero-order valence-electron chi connectivity index (χ0n) is 14.3. The van der Waals surface area contributed by atoms with Gasteiger partial charge in [-0.2, -0.15) is 10.2 Å². The van der Waals surface area contributed by atoms with Crippen molar-refractivity contribution in [3.05, 3.63) is 48.1 Å². The number of rotatable bonds is 2. The van der Waals surface area contributed by atoms with Gasteiger partial charge in [0.15, 0.2) is 0 Å². The van der Waals surface area contributed by atoms with Crippen LogP contribution in [0.25, 0.3) is 32.6 Å². The molecule has 0 bridgehead atoms. The fraction of sp³-hybridized carbons (Fsp3) is 0.105. The van der Waals surface area contributed by atoms with Crippen molar-refractivity contribution in [2.75, 3.05) is 18.9 Å². The summed E-state index contributed by atoms with van der Waals surface area (Å²) in [5.41, 5.74) is 11.3. The second-order valence-corrected chi connectivity index (χ2v) is 7.04. The third-order valence-electron chi connectivity index (χ3n) is 4.46. The molecular weight excluding hydrogens is 359 g/mol. The van der Waals surface area contributed by atoms with Crippen LogP contribution < -0.4 is 15.9 Å². The molecule has 0 saturated carbocycles. The Morgan fingerprint density at radius 3 is 2.96 bits per heavy atom. The molecule has 131 valence electrons. The van der Waals surface area contributed by atoms with Crippen molar-refractivity contribution in [1.29, 1.82) is 0 Å². The predicted molar refractivity (Wildman–Crippen MR) is 107 cm³/mol. The number of fused-ring (bicyclic) bond motifs is 2. The van der Waals surface area contributed by atoms with E-state index >= 15 is 0 Å². The molecule has 0 saturated heterocycles. The summed E-state index contributed by atoms with van der Waals surface area (Å²) < 4.78 is 11.4. The number of hydrogen-bond acceptors (Lipinski definition) is 7. The second kappa shape index (κ2) is 6.64. The number of ether oxygens (including phenoxy) is 1. The zero-order chi connectivity index (χ0) is 18.2. The van der Waals surface area contributed by atoms with E-state index < -0.39 is 0 Å². The van der Waals surface area contributed by atoms with Crippen LogP contribution in [0.1, 0.15) is 0 Å². The molecule has 1 aliphatic rings. The van der Waals surface area contributed by atoms with Crippen molar-refractivity contribution >= 4 is 40.9 Å². The normalized spacial score (nSPS) is 13.5. The molecule has 1 aliphatic heterocycles. The Morgan fingerprint density at radius 2 is 2.07 bits per heavy atom. The lowest BCUT2D eigenvalue weighted by atomic mass is 9.83. The van der Waals surface area contributed by atoms with Crippen LogP contribution in [0.3, 0.4) is 0 Å². The van der Waals surface area contributed by atoms with Gasteiger partial charge in [0, 0.05) is 22.5 Å². The van der Waals surface area contributed by atoms with Crippen molar-refractivity contribution in [3.63, 3.8) is 0 Å². The van der Waals surface area contributed by atoms with E-state index in [9.17, 15) is 0 Å². The molecule has 8 heteroatoms. The van der Waals surface area contributed by atoms with Crippen LogP contribution in [0.5, 0.6) is 5.75 Å². The number of nitrogens with two attached hydrogens (primary N) is 1. The average Bonchev–Trinajstić information content (AvgIpc) is 3.13. The maximum Gasteiger partial charge on any atom is 0.334 e. The number of hydrogen-bond donors (Lipinski definition) is 1. The van der Waals surface area contributed by atoms with Gasteiger partial charge < -0.3 is 15.1 Å². The van der Waals surface area contributed by atoms with E-state index in [2.05, 4.69) is 21.2 Å². The van der Waals surface area contributed by atoms with Crippen LogP contribution in [0.2, 0.25) is 0 Å². The first-order chi connectivity index (χ1) is 13.3. The van der Waals surface area contributed by atoms with Crippen molar-refractivity contribution in [1.82, 2.24) is 15.2 Å². The minimum Gasteiger partial charge on any atom is -0.492 e. The summed E-state index contributed by atoms with van der Waals surface area (Å²) in [5, 5.41) is 12.0. The van der Waals surface area contributed by atoms with Gasteiger partial charge in [0.05, 0.1) is 24.0 Å². The van der Waals surface area contributed by atoms with Crippen LogP contribution in [0, 0.1) is 0 Å². The Hall–Kier alpha value is -2.97. The molecule has 0 amide bonds. The van der Waals surface area contributed by atoms with E-state index in [1.165, 1.54) is 0 Å². The Kier molecular flexibility index (Phi) is 3.99. The van der Waals surface area contributed by atoms with Gasteiger partial charge in [-0.25, -0.2) is 4.98 Å². The number of nitrogen functional groups attached to an aromatic ring is 1. The van der Waals surface area contributed by atoms with Crippen molar-refractivity contribution in [3.8, 4) is 27.4 Å². The first-order valence-corrected chi connectivity index (χ1v) is 9.34. The largest absolute Gasteiger partial charge is 0.492 e. The van der Waals surface area contributed by atoms with Crippen LogP contribution >= 0.6 is 11.3 Å². The molecule has 4 aromatic rings. The lowest BCUT2D eigenvalue weighted by Gasteiger charge is -2.14. The third-order valence-corrected chi connectivity index (χ3v) is 5.27. The maximum absolute atomic E-state index is 6.01. The molecular formula is C19H14BN4O2S. The molecule has 1 radical (unpaired) electrons. The first-order valence-electron chi connectivity index (χ1n) is 8.46. The number of thiazole rings is 1. The molecule has 2 aromatic heterocycles. The summed E-state index contributed by atoms with van der Waals surface area (Å²) in [6, 6.07) is 10.1. The second-order valence-electron chi connectivity index (χ2n) is 6.14. The van der Waals surface area contributed by atoms with Gasteiger partial charge >= 0.3 is 7.48 Å². The molecule has 3 heterocycles. The minimum absolute atomic E-state index is 0.519. The molecule has 6 nitrogen and oxygen atoms in total. The van der Waals surface area contributed by atoms with E-state index in [1.54, 1.807) is 31.2 Å². The fourth-order valence-electron chi connectivity index (χ4n) is 3.18. The van der Waals surface area contributed by atoms with Gasteiger partial charge in [0.1, 0.15) is 17.4 Å². The van der Waals surface area contributed by atoms with Gasteiger partial charge in [0.2, 0.25) is 0 Å². The summed E-state index contributed by atoms with van der Waals surface area (Å²) in [6.07, 6.45) is 3.37. The van der Waals surface area contributed by atoms with Crippen molar-refractivity contribution < 1.29 is 9.39 Å². The quantitative estimate of drug-likeness (QED) is 0.544. The van der Waals surface area contributed by atoms with Gasteiger partial charge in [0.25, 0.3) is 0 Å². The molecule has 0 unspecified atom stereocenters. The molecule has 0 atom stereocenters. The molecule has 0 spiro atoms. The molecule has 0 fully saturated rings. The Labute approximate surface area is 160 Å². The van der Waals surface area contributed by atoms with E-state index in [0.29, 0.717) is 18.9 Å². The summed E-state index contributed by atoms with van der Waals surface area (Å²) in [7, 11) is 1.75. The van der Waals surface area contributed by atoms with E-state index in [4.69, 9.17) is 15.1 Å². The number of aromatic nitrogens is 3. The zero-order valence-corrected chi connectivity index (χ0v) is 15.1. The molecule has 2 aromatic carbocycles. The molecule has 5 rings (SSSR count). The summed E-state index contributed by atoms with van der Waals surface area (Å²) in [6.45, 7) is 1.05. The minimum atomic E-state index is 0.519. The molecule has 0 aliphatic carbocycles. The van der Waals surface area contributed by atoms with Crippen molar-refractivity contribution in [2.45, 2.75) is 0 Å². The highest BCUT2D eigenvalue weighted by Crippen LogP contribution is 2.36. The lowest BCUT2D eigenvalue weighted by molar-refractivity contribution is 0.236. The summed E-state index contributed by atoms with van der Waals surface area (Å²) in [5.74, 6) is 0.797. The topological polar surface area (TPSA) is 83.2 Å². The predicted octanol–water partition coefficient (Wildman–Crippen LogP) is 2.66. The SMILES string of the molecule is Nc1cnnc2cc(-c3cc4c(cc3-c3nccs3)OCCO[B]4)ccc12. The highest BCUT2D eigenvalue weighted by Gasteiger charge is 2.19. The highest BCUT2D eigenvalue weighted by atomic mass is 32.1. The Morgan fingerprint density at radius 1 is 1.11 bits per heavy atom. The first kappa shape index (κ1) is 16.2. The van der Waals surface area contributed by atoms with Gasteiger partial charge in [-0.3, -0.25) is 0 Å². The molecule has 2 N–H and O–H groups in total. The van der Waals surface area contributed by atoms with E-state index in [1.807, 2.05) is 29.6 Å². The number of benzene rings is 2. The summed E-state index contributed by atoms with van der Waals surface area (Å²) >= 11 is 1.59. The highest BCUT2D eigenvalue weighted by molar-refractivity contribution is 7.13. The van der Waals surface area contributed by atoms with Crippen LogP contribution in [0.4, 0.5) is 5.69 Å². The fourth-order valence-corrected chi connectivity index (χ4v) is 3.85. The monoisotopic (exact) mass is 373 g/mol. The van der Waals surface area contributed by atoms with E-state index in [0.717, 1.165) is 43.8 Å². The number of anilines is 1. The van der Waals surface area contributed by atoms with Gasteiger partial charge in [-0.15, -0.1) is 11.3 Å². The van der Waals surface area contributed by atoms with Crippen LogP contribution in [0.15, 0.2) is 48.1 Å². The Bertz CT molecular complexity index is 1130.